The van der Waals surface area contributed by atoms with Crippen LogP contribution < -0.4 is 5.32 Å². The first-order valence-corrected chi connectivity index (χ1v) is 7.16. The van der Waals surface area contributed by atoms with Crippen molar-refractivity contribution in [1.82, 2.24) is 15.1 Å². The van der Waals surface area contributed by atoms with Crippen LogP contribution in [0, 0.1) is 5.92 Å². The van der Waals surface area contributed by atoms with Crippen LogP contribution in [0.2, 0.25) is 0 Å². The van der Waals surface area contributed by atoms with Crippen LogP contribution in [0.4, 0.5) is 0 Å². The normalized spacial score (nSPS) is 24.6. The largest absolute Gasteiger partial charge is 0.347 e. The lowest BCUT2D eigenvalue weighted by Crippen LogP contribution is -2.51. The van der Waals surface area contributed by atoms with Gasteiger partial charge in [0.05, 0.1) is 6.04 Å². The first-order chi connectivity index (χ1) is 8.47. The second-order valence-corrected chi connectivity index (χ2v) is 5.65. The highest BCUT2D eigenvalue weighted by Gasteiger charge is 2.30. The maximum Gasteiger partial charge on any atom is 0.239 e. The molecule has 0 radical (unpaired) electrons. The van der Waals surface area contributed by atoms with Gasteiger partial charge >= 0.3 is 0 Å². The van der Waals surface area contributed by atoms with Crippen molar-refractivity contribution in [3.63, 3.8) is 0 Å². The molecule has 1 aliphatic rings. The van der Waals surface area contributed by atoms with Crippen molar-refractivity contribution in [2.45, 2.75) is 45.7 Å². The maximum atomic E-state index is 12.0. The van der Waals surface area contributed by atoms with E-state index in [1.54, 1.807) is 4.90 Å². The number of carbonyl (C=O) groups is 1. The Morgan fingerprint density at radius 2 is 2.11 bits per heavy atom. The Bertz CT molecular complexity index is 268. The third kappa shape index (κ3) is 3.95. The van der Waals surface area contributed by atoms with Gasteiger partial charge in [-0.05, 0) is 45.7 Å². The van der Waals surface area contributed by atoms with E-state index in [0.29, 0.717) is 12.0 Å². The summed E-state index contributed by atoms with van der Waals surface area (Å²) in [5.41, 5.74) is 0. The minimum atomic E-state index is 0.0108. The topological polar surface area (TPSA) is 35.6 Å². The van der Waals surface area contributed by atoms with Crippen molar-refractivity contribution in [2.24, 2.45) is 5.92 Å². The van der Waals surface area contributed by atoms with E-state index in [0.717, 1.165) is 19.6 Å². The fraction of sp³-hybridized carbons (Fsp3) is 0.929. The van der Waals surface area contributed by atoms with E-state index in [-0.39, 0.29) is 11.9 Å². The summed E-state index contributed by atoms with van der Waals surface area (Å²) in [6.45, 7) is 9.54. The molecule has 4 heteroatoms. The maximum absolute atomic E-state index is 12.0. The van der Waals surface area contributed by atoms with Gasteiger partial charge in [-0.2, -0.15) is 0 Å². The molecule has 1 heterocycles. The van der Waals surface area contributed by atoms with Crippen LogP contribution in [0.3, 0.4) is 0 Å². The average Bonchev–Trinajstić information content (AvgIpc) is 2.37. The van der Waals surface area contributed by atoms with Gasteiger partial charge in [0.25, 0.3) is 0 Å². The Labute approximate surface area is 112 Å². The highest BCUT2D eigenvalue weighted by Crippen LogP contribution is 2.21. The number of rotatable bonds is 5. The molecule has 3 atom stereocenters. The quantitative estimate of drug-likeness (QED) is 0.801. The number of nitrogens with one attached hydrogen (secondary N) is 1. The minimum absolute atomic E-state index is 0.0108. The molecule has 0 bridgehead atoms. The van der Waals surface area contributed by atoms with E-state index >= 15 is 0 Å². The van der Waals surface area contributed by atoms with Crippen LogP contribution in [0.1, 0.15) is 33.6 Å². The molecule has 1 aliphatic heterocycles. The standard InChI is InChI=1S/C14H29N3O/c1-6-15-11(2)13-8-7-9-17(10-13)12(3)14(18)16(4)5/h11-13,15H,6-10H2,1-5H3. The lowest BCUT2D eigenvalue weighted by Gasteiger charge is -2.39. The van der Waals surface area contributed by atoms with E-state index in [1.807, 2.05) is 21.0 Å². The molecule has 4 nitrogen and oxygen atoms in total. The zero-order valence-electron chi connectivity index (χ0n) is 12.6. The van der Waals surface area contributed by atoms with E-state index in [9.17, 15) is 4.79 Å². The molecule has 1 fully saturated rings. The van der Waals surface area contributed by atoms with E-state index in [1.165, 1.54) is 12.8 Å². The summed E-state index contributed by atoms with van der Waals surface area (Å²) in [5, 5.41) is 3.50. The lowest BCUT2D eigenvalue weighted by atomic mass is 9.90. The molecule has 0 saturated carbocycles. The number of piperidine rings is 1. The SMILES string of the molecule is CCNC(C)C1CCCN(C(C)C(=O)N(C)C)C1. The number of nitrogens with zero attached hydrogens (tertiary/aromatic N) is 2. The molecule has 1 saturated heterocycles. The van der Waals surface area contributed by atoms with E-state index in [4.69, 9.17) is 0 Å². The van der Waals surface area contributed by atoms with Gasteiger partial charge in [0, 0.05) is 26.7 Å². The number of carbonyl (C=O) groups excluding carboxylic acids is 1. The van der Waals surface area contributed by atoms with Gasteiger partial charge in [-0.15, -0.1) is 0 Å². The lowest BCUT2D eigenvalue weighted by molar-refractivity contribution is -0.134. The molecular formula is C14H29N3O. The number of amides is 1. The van der Waals surface area contributed by atoms with Gasteiger partial charge in [-0.25, -0.2) is 0 Å². The molecule has 1 rings (SSSR count). The van der Waals surface area contributed by atoms with Crippen molar-refractivity contribution in [1.29, 1.82) is 0 Å². The Morgan fingerprint density at radius 1 is 1.44 bits per heavy atom. The van der Waals surface area contributed by atoms with Crippen LogP contribution >= 0.6 is 0 Å². The van der Waals surface area contributed by atoms with Gasteiger partial charge in [-0.3, -0.25) is 9.69 Å². The van der Waals surface area contributed by atoms with Crippen molar-refractivity contribution in [2.75, 3.05) is 33.7 Å². The van der Waals surface area contributed by atoms with Gasteiger partial charge < -0.3 is 10.2 Å². The van der Waals surface area contributed by atoms with Crippen LogP contribution in [0.25, 0.3) is 0 Å². The number of likely N-dealkylation sites (N-methyl/N-ethyl adjacent to an activating group) is 1. The Kier molecular flexibility index (Phi) is 6.09. The van der Waals surface area contributed by atoms with Crippen molar-refractivity contribution in [3.8, 4) is 0 Å². The number of hydrogen-bond donors (Lipinski definition) is 1. The summed E-state index contributed by atoms with van der Waals surface area (Å²) in [4.78, 5) is 16.0. The predicted molar refractivity (Wildman–Crippen MR) is 75.6 cm³/mol. The third-order valence-electron chi connectivity index (χ3n) is 4.07. The molecule has 0 aliphatic carbocycles. The molecule has 0 aromatic carbocycles. The van der Waals surface area contributed by atoms with E-state index in [2.05, 4.69) is 24.1 Å². The molecule has 3 unspecified atom stereocenters. The minimum Gasteiger partial charge on any atom is -0.347 e. The van der Waals surface area contributed by atoms with Gasteiger partial charge in [0.2, 0.25) is 5.91 Å². The molecule has 18 heavy (non-hydrogen) atoms. The summed E-state index contributed by atoms with van der Waals surface area (Å²) in [6, 6.07) is 0.552. The number of likely N-dealkylation sites (tertiary alicyclic amines) is 1. The molecule has 1 amide bonds. The van der Waals surface area contributed by atoms with Gasteiger partial charge in [-0.1, -0.05) is 6.92 Å². The average molecular weight is 255 g/mol. The van der Waals surface area contributed by atoms with Crippen LogP contribution in [-0.2, 0) is 4.79 Å². The first-order valence-electron chi connectivity index (χ1n) is 7.16. The smallest absolute Gasteiger partial charge is 0.239 e. The number of hydrogen-bond acceptors (Lipinski definition) is 3. The monoisotopic (exact) mass is 255 g/mol. The molecular weight excluding hydrogens is 226 g/mol. The van der Waals surface area contributed by atoms with Crippen molar-refractivity contribution < 1.29 is 4.79 Å². The Hall–Kier alpha value is -0.610. The van der Waals surface area contributed by atoms with Gasteiger partial charge in [0.1, 0.15) is 0 Å². The summed E-state index contributed by atoms with van der Waals surface area (Å²) in [7, 11) is 3.67. The molecule has 0 aromatic heterocycles. The summed E-state index contributed by atoms with van der Waals surface area (Å²) in [6.07, 6.45) is 2.47. The zero-order chi connectivity index (χ0) is 13.7. The molecule has 0 aromatic rings. The van der Waals surface area contributed by atoms with Crippen LogP contribution in [0.5, 0.6) is 0 Å². The third-order valence-corrected chi connectivity index (χ3v) is 4.07. The fourth-order valence-corrected chi connectivity index (χ4v) is 2.82. The Morgan fingerprint density at radius 3 is 2.67 bits per heavy atom. The van der Waals surface area contributed by atoms with Crippen molar-refractivity contribution >= 4 is 5.91 Å². The summed E-state index contributed by atoms with van der Waals surface area (Å²) in [5.74, 6) is 0.878. The second-order valence-electron chi connectivity index (χ2n) is 5.65. The predicted octanol–water partition coefficient (Wildman–Crippen LogP) is 1.17. The van der Waals surface area contributed by atoms with Crippen LogP contribution in [0.15, 0.2) is 0 Å². The molecule has 0 spiro atoms. The molecule has 106 valence electrons. The first kappa shape index (κ1) is 15.4. The second kappa shape index (κ2) is 7.10. The summed E-state index contributed by atoms with van der Waals surface area (Å²) < 4.78 is 0. The van der Waals surface area contributed by atoms with Crippen molar-refractivity contribution in [3.05, 3.63) is 0 Å². The van der Waals surface area contributed by atoms with Crippen LogP contribution in [-0.4, -0.2) is 61.5 Å². The summed E-state index contributed by atoms with van der Waals surface area (Å²) >= 11 is 0. The highest BCUT2D eigenvalue weighted by atomic mass is 16.2. The molecule has 1 N–H and O–H groups in total. The zero-order valence-corrected chi connectivity index (χ0v) is 12.6. The van der Waals surface area contributed by atoms with Gasteiger partial charge in [0.15, 0.2) is 0 Å². The Balaban J connectivity index is 2.55. The van der Waals surface area contributed by atoms with E-state index < -0.39 is 0 Å². The fourth-order valence-electron chi connectivity index (χ4n) is 2.82. The highest BCUT2D eigenvalue weighted by molar-refractivity contribution is 5.80.